The van der Waals surface area contributed by atoms with E-state index < -0.39 is 42.0 Å². The molecule has 8 nitrogen and oxygen atoms in total. The summed E-state index contributed by atoms with van der Waals surface area (Å²) in [6, 6.07) is 3.93. The Balaban J connectivity index is 1.61. The van der Waals surface area contributed by atoms with Crippen LogP contribution in [-0.4, -0.2) is 46.9 Å². The Morgan fingerprint density at radius 2 is 1.97 bits per heavy atom. The van der Waals surface area contributed by atoms with Gasteiger partial charge in [-0.2, -0.15) is 0 Å². The highest BCUT2D eigenvalue weighted by Crippen LogP contribution is 2.46. The number of nitrogens with one attached hydrogen (secondary N) is 2. The van der Waals surface area contributed by atoms with Gasteiger partial charge in [0.2, 0.25) is 0 Å². The van der Waals surface area contributed by atoms with Crippen LogP contribution < -0.4 is 10.6 Å². The van der Waals surface area contributed by atoms with Gasteiger partial charge in [0.1, 0.15) is 12.1 Å². The maximum atomic E-state index is 13.1. The fourth-order valence-corrected chi connectivity index (χ4v) is 5.35. The second-order valence-corrected chi connectivity index (χ2v) is 10.3. The van der Waals surface area contributed by atoms with Gasteiger partial charge >= 0.3 is 12.0 Å². The topological polar surface area (TPSA) is 105 Å². The normalized spacial score (nSPS) is 25.4. The minimum atomic E-state index is -1.17. The third kappa shape index (κ3) is 5.18. The van der Waals surface area contributed by atoms with E-state index in [1.807, 2.05) is 6.92 Å². The Kier molecular flexibility index (Phi) is 6.77. The molecule has 3 atom stereocenters. The third-order valence-electron chi connectivity index (χ3n) is 5.78. The van der Waals surface area contributed by atoms with Gasteiger partial charge in [0.15, 0.2) is 6.10 Å². The quantitative estimate of drug-likeness (QED) is 0.486. The van der Waals surface area contributed by atoms with Gasteiger partial charge in [-0.05, 0) is 55.7 Å². The van der Waals surface area contributed by atoms with Crippen LogP contribution in [0.25, 0.3) is 0 Å². The van der Waals surface area contributed by atoms with E-state index in [9.17, 15) is 19.2 Å². The number of imide groups is 1. The number of benzene rings is 1. The second kappa shape index (κ2) is 8.90. The van der Waals surface area contributed by atoms with Crippen molar-refractivity contribution in [2.75, 3.05) is 11.9 Å². The Bertz CT molecular complexity index is 967. The average Bonchev–Trinajstić information content (AvgIpc) is 2.85. The van der Waals surface area contributed by atoms with E-state index >= 15 is 0 Å². The molecule has 0 radical (unpaired) electrons. The van der Waals surface area contributed by atoms with Crippen molar-refractivity contribution in [1.82, 2.24) is 10.2 Å². The summed E-state index contributed by atoms with van der Waals surface area (Å²) in [6.45, 7) is 6.99. The molecule has 32 heavy (non-hydrogen) atoms. The van der Waals surface area contributed by atoms with Gasteiger partial charge in [-0.15, -0.1) is 0 Å². The van der Waals surface area contributed by atoms with Gasteiger partial charge < -0.3 is 15.4 Å². The number of amides is 4. The molecule has 3 unspecified atom stereocenters. The first-order valence-corrected chi connectivity index (χ1v) is 11.2. The lowest BCUT2D eigenvalue weighted by atomic mass is 9.64. The highest BCUT2D eigenvalue weighted by atomic mass is 35.5. The van der Waals surface area contributed by atoms with E-state index in [4.69, 9.17) is 27.9 Å². The predicted octanol–water partition coefficient (Wildman–Crippen LogP) is 4.00. The number of nitrogens with zero attached hydrogens (tertiary/aromatic N) is 1. The zero-order valence-corrected chi connectivity index (χ0v) is 20.0. The summed E-state index contributed by atoms with van der Waals surface area (Å²) >= 11 is 11.9. The van der Waals surface area contributed by atoms with Crippen molar-refractivity contribution in [3.8, 4) is 0 Å². The van der Waals surface area contributed by atoms with E-state index in [1.54, 1.807) is 6.07 Å². The molecule has 1 aromatic carbocycles. The molecular formula is C22H27Cl2N3O5. The van der Waals surface area contributed by atoms with Crippen LogP contribution in [0, 0.1) is 11.3 Å². The molecule has 3 rings (SSSR count). The van der Waals surface area contributed by atoms with Crippen molar-refractivity contribution in [3.05, 3.63) is 28.2 Å². The van der Waals surface area contributed by atoms with Crippen LogP contribution in [0.4, 0.5) is 10.5 Å². The number of carbonyl (C=O) groups excluding carboxylic acids is 4. The molecule has 1 saturated heterocycles. The third-order valence-corrected chi connectivity index (χ3v) is 6.33. The SMILES string of the molecule is CC1CC(C)(C)CC2(C1)NC(=O)N(CC(=O)OC(C)C(=O)Nc1ccc(Cl)cc1Cl)C2=O. The first kappa shape index (κ1) is 24.3. The molecule has 4 amide bonds. The molecule has 2 fully saturated rings. The molecule has 1 aliphatic heterocycles. The van der Waals surface area contributed by atoms with Gasteiger partial charge in [-0.25, -0.2) is 4.79 Å². The Labute approximate surface area is 196 Å². The summed E-state index contributed by atoms with van der Waals surface area (Å²) in [4.78, 5) is 51.3. The number of ether oxygens (including phenoxy) is 1. The summed E-state index contributed by atoms with van der Waals surface area (Å²) < 4.78 is 5.15. The summed E-state index contributed by atoms with van der Waals surface area (Å²) in [7, 11) is 0. The molecular weight excluding hydrogens is 457 g/mol. The standard InChI is InChI=1S/C22H27Cl2N3O5/c1-12-8-21(3,4)11-22(9-12)19(30)27(20(31)26-22)10-17(28)32-13(2)18(29)25-16-6-5-14(23)7-15(16)24/h5-7,12-13H,8-11H2,1-4H3,(H,25,29)(H,26,31). The average molecular weight is 484 g/mol. The molecule has 10 heteroatoms. The summed E-state index contributed by atoms with van der Waals surface area (Å²) in [6.07, 6.45) is 0.802. The number of anilines is 1. The number of hydrogen-bond donors (Lipinski definition) is 2. The molecule has 2 N–H and O–H groups in total. The van der Waals surface area contributed by atoms with Crippen molar-refractivity contribution in [3.63, 3.8) is 0 Å². The van der Waals surface area contributed by atoms with Crippen molar-refractivity contribution in [2.45, 2.75) is 58.6 Å². The van der Waals surface area contributed by atoms with Crippen LogP contribution in [0.5, 0.6) is 0 Å². The lowest BCUT2D eigenvalue weighted by Crippen LogP contribution is -2.54. The molecule has 1 aromatic rings. The number of rotatable bonds is 5. The predicted molar refractivity (Wildman–Crippen MR) is 120 cm³/mol. The van der Waals surface area contributed by atoms with Gasteiger partial charge in [0.25, 0.3) is 11.8 Å². The highest BCUT2D eigenvalue weighted by molar-refractivity contribution is 6.36. The Hall–Kier alpha value is -2.32. The first-order valence-electron chi connectivity index (χ1n) is 10.4. The minimum absolute atomic E-state index is 0.118. The van der Waals surface area contributed by atoms with Gasteiger partial charge in [-0.1, -0.05) is 44.0 Å². The summed E-state index contributed by atoms with van der Waals surface area (Å²) in [5.74, 6) is -1.65. The largest absolute Gasteiger partial charge is 0.451 e. The zero-order chi connectivity index (χ0) is 23.8. The van der Waals surface area contributed by atoms with Crippen LogP contribution in [0.3, 0.4) is 0 Å². The Morgan fingerprint density at radius 1 is 1.28 bits per heavy atom. The summed E-state index contributed by atoms with van der Waals surface area (Å²) in [5, 5.41) is 6.00. The van der Waals surface area contributed by atoms with E-state index in [0.29, 0.717) is 23.6 Å². The number of carbonyl (C=O) groups is 4. The van der Waals surface area contributed by atoms with Crippen LogP contribution in [0.15, 0.2) is 18.2 Å². The summed E-state index contributed by atoms with van der Waals surface area (Å²) in [5.41, 5.74) is -0.812. The van der Waals surface area contributed by atoms with Crippen molar-refractivity contribution < 1.29 is 23.9 Å². The van der Waals surface area contributed by atoms with Crippen molar-refractivity contribution in [2.24, 2.45) is 11.3 Å². The minimum Gasteiger partial charge on any atom is -0.451 e. The van der Waals surface area contributed by atoms with Gasteiger partial charge in [0.05, 0.1) is 10.7 Å². The van der Waals surface area contributed by atoms with Crippen LogP contribution in [0.1, 0.15) is 47.0 Å². The molecule has 174 valence electrons. The van der Waals surface area contributed by atoms with Gasteiger partial charge in [-0.3, -0.25) is 19.3 Å². The van der Waals surface area contributed by atoms with Crippen molar-refractivity contribution in [1.29, 1.82) is 0 Å². The molecule has 0 bridgehead atoms. The molecule has 2 aliphatic rings. The van der Waals surface area contributed by atoms with E-state index in [1.165, 1.54) is 19.1 Å². The second-order valence-electron chi connectivity index (χ2n) is 9.50. The van der Waals surface area contributed by atoms with E-state index in [-0.39, 0.29) is 16.4 Å². The lowest BCUT2D eigenvalue weighted by molar-refractivity contribution is -0.155. The van der Waals surface area contributed by atoms with Crippen LogP contribution in [-0.2, 0) is 19.1 Å². The number of halogens is 2. The van der Waals surface area contributed by atoms with E-state index in [0.717, 1.165) is 11.3 Å². The molecule has 1 heterocycles. The number of esters is 1. The smallest absolute Gasteiger partial charge is 0.327 e. The lowest BCUT2D eigenvalue weighted by Gasteiger charge is -2.43. The number of hydrogen-bond acceptors (Lipinski definition) is 5. The van der Waals surface area contributed by atoms with Gasteiger partial charge in [0, 0.05) is 5.02 Å². The van der Waals surface area contributed by atoms with Crippen LogP contribution >= 0.6 is 23.2 Å². The maximum absolute atomic E-state index is 13.1. The first-order chi connectivity index (χ1) is 14.8. The Morgan fingerprint density at radius 3 is 2.59 bits per heavy atom. The molecule has 0 aromatic heterocycles. The molecule has 1 saturated carbocycles. The highest BCUT2D eigenvalue weighted by Gasteiger charge is 2.56. The fraction of sp³-hybridized carbons (Fsp3) is 0.545. The zero-order valence-electron chi connectivity index (χ0n) is 18.5. The monoisotopic (exact) mass is 483 g/mol. The fourth-order valence-electron chi connectivity index (χ4n) is 4.89. The van der Waals surface area contributed by atoms with Crippen LogP contribution in [0.2, 0.25) is 10.0 Å². The molecule has 1 aliphatic carbocycles. The maximum Gasteiger partial charge on any atom is 0.327 e. The van der Waals surface area contributed by atoms with Crippen molar-refractivity contribution >= 4 is 52.7 Å². The number of urea groups is 1. The van der Waals surface area contributed by atoms with E-state index in [2.05, 4.69) is 24.5 Å². The molecule has 1 spiro atoms.